The first-order valence-electron chi connectivity index (χ1n) is 8.07. The van der Waals surface area contributed by atoms with E-state index in [-0.39, 0.29) is 18.9 Å². The molecule has 0 bridgehead atoms. The Bertz CT molecular complexity index is 933. The number of benzene rings is 1. The van der Waals surface area contributed by atoms with Crippen LogP contribution in [0.2, 0.25) is 0 Å². The molecule has 0 unspecified atom stereocenters. The molecule has 0 saturated heterocycles. The number of carboxylic acids is 1. The lowest BCUT2D eigenvalue weighted by Crippen LogP contribution is -2.25. The van der Waals surface area contributed by atoms with Crippen LogP contribution in [0, 0.1) is 0 Å². The molecule has 0 radical (unpaired) electrons. The maximum absolute atomic E-state index is 12.2. The van der Waals surface area contributed by atoms with E-state index in [2.05, 4.69) is 29.4 Å². The summed E-state index contributed by atoms with van der Waals surface area (Å²) in [5, 5.41) is 11.3. The molecule has 0 atom stereocenters. The van der Waals surface area contributed by atoms with Crippen LogP contribution in [0.4, 0.5) is 0 Å². The number of carboxylic acid groups (broad SMARTS) is 1. The summed E-state index contributed by atoms with van der Waals surface area (Å²) < 4.78 is 0.965. The fourth-order valence-electron chi connectivity index (χ4n) is 2.72. The number of hydrogen-bond acceptors (Lipinski definition) is 4. The van der Waals surface area contributed by atoms with Crippen molar-refractivity contribution in [1.29, 1.82) is 0 Å². The zero-order valence-electron chi connectivity index (χ0n) is 13.8. The van der Waals surface area contributed by atoms with Crippen LogP contribution < -0.4 is 5.32 Å². The quantitative estimate of drug-likeness (QED) is 0.707. The monoisotopic (exact) mass is 354 g/mol. The molecule has 2 N–H and O–H groups in total. The van der Waals surface area contributed by atoms with Crippen molar-refractivity contribution in [2.45, 2.75) is 19.8 Å². The lowest BCUT2D eigenvalue weighted by molar-refractivity contribution is -0.136. The van der Waals surface area contributed by atoms with E-state index >= 15 is 0 Å². The van der Waals surface area contributed by atoms with E-state index in [0.29, 0.717) is 4.88 Å². The second-order valence-corrected chi connectivity index (χ2v) is 6.65. The molecule has 25 heavy (non-hydrogen) atoms. The summed E-state index contributed by atoms with van der Waals surface area (Å²) in [5.41, 5.74) is 4.24. The summed E-state index contributed by atoms with van der Waals surface area (Å²) >= 11 is 1.38. The molecule has 1 amide bonds. The van der Waals surface area contributed by atoms with Gasteiger partial charge in [0, 0.05) is 18.3 Å². The highest BCUT2D eigenvalue weighted by molar-refractivity contribution is 7.21. The molecule has 2 heterocycles. The molecule has 5 nitrogen and oxygen atoms in total. The zero-order valence-corrected chi connectivity index (χ0v) is 14.6. The van der Waals surface area contributed by atoms with Crippen LogP contribution in [-0.2, 0) is 11.2 Å². The van der Waals surface area contributed by atoms with Crippen molar-refractivity contribution in [3.63, 3.8) is 0 Å². The summed E-state index contributed by atoms with van der Waals surface area (Å²) in [7, 11) is 0. The average Bonchev–Trinajstić information content (AvgIpc) is 3.05. The third kappa shape index (κ3) is 3.69. The highest BCUT2D eigenvalue weighted by Gasteiger charge is 2.15. The van der Waals surface area contributed by atoms with Gasteiger partial charge in [0.2, 0.25) is 0 Å². The molecule has 0 aliphatic heterocycles. The third-order valence-electron chi connectivity index (χ3n) is 3.95. The van der Waals surface area contributed by atoms with E-state index in [1.165, 1.54) is 16.9 Å². The van der Waals surface area contributed by atoms with Crippen LogP contribution in [0.15, 0.2) is 42.6 Å². The predicted molar refractivity (Wildman–Crippen MR) is 99.0 cm³/mol. The van der Waals surface area contributed by atoms with Gasteiger partial charge in [-0.05, 0) is 29.7 Å². The molecule has 3 rings (SSSR count). The SMILES string of the molecule is CCc1ccccc1-c1ccnc2cc(C(=O)NCCC(=O)O)sc12. The number of carbonyl (C=O) groups excluding carboxylic acids is 1. The fraction of sp³-hybridized carbons (Fsp3) is 0.211. The van der Waals surface area contributed by atoms with Gasteiger partial charge in [-0.2, -0.15) is 0 Å². The lowest BCUT2D eigenvalue weighted by atomic mass is 9.99. The zero-order chi connectivity index (χ0) is 17.8. The van der Waals surface area contributed by atoms with E-state index in [4.69, 9.17) is 5.11 Å². The number of fused-ring (bicyclic) bond motifs is 1. The van der Waals surface area contributed by atoms with Crippen molar-refractivity contribution in [1.82, 2.24) is 10.3 Å². The molecule has 0 aliphatic rings. The number of carbonyl (C=O) groups is 2. The Hall–Kier alpha value is -2.73. The van der Waals surface area contributed by atoms with Gasteiger partial charge in [-0.25, -0.2) is 0 Å². The number of nitrogens with one attached hydrogen (secondary N) is 1. The highest BCUT2D eigenvalue weighted by Crippen LogP contribution is 2.35. The molecule has 0 aliphatic carbocycles. The Morgan fingerprint density at radius 1 is 1.20 bits per heavy atom. The maximum Gasteiger partial charge on any atom is 0.305 e. The van der Waals surface area contributed by atoms with Gasteiger partial charge >= 0.3 is 5.97 Å². The highest BCUT2D eigenvalue weighted by atomic mass is 32.1. The number of aliphatic carboxylic acids is 1. The smallest absolute Gasteiger partial charge is 0.305 e. The second-order valence-electron chi connectivity index (χ2n) is 5.59. The van der Waals surface area contributed by atoms with E-state index in [0.717, 1.165) is 27.8 Å². The second kappa shape index (κ2) is 7.44. The largest absolute Gasteiger partial charge is 0.481 e. The van der Waals surface area contributed by atoms with Crippen LogP contribution in [0.5, 0.6) is 0 Å². The molecule has 3 aromatic rings. The van der Waals surface area contributed by atoms with E-state index < -0.39 is 5.97 Å². The van der Waals surface area contributed by atoms with Gasteiger partial charge in [-0.15, -0.1) is 11.3 Å². The normalized spacial score (nSPS) is 10.8. The lowest BCUT2D eigenvalue weighted by Gasteiger charge is -2.08. The van der Waals surface area contributed by atoms with E-state index in [9.17, 15) is 9.59 Å². The Labute approximate surface area is 149 Å². The van der Waals surface area contributed by atoms with Crippen molar-refractivity contribution in [2.24, 2.45) is 0 Å². The number of pyridine rings is 1. The molecule has 1 aromatic carbocycles. The minimum absolute atomic E-state index is 0.0932. The fourth-order valence-corrected chi connectivity index (χ4v) is 3.78. The van der Waals surface area contributed by atoms with Gasteiger partial charge in [0.15, 0.2) is 0 Å². The van der Waals surface area contributed by atoms with Crippen LogP contribution in [0.25, 0.3) is 21.3 Å². The third-order valence-corrected chi connectivity index (χ3v) is 5.10. The minimum Gasteiger partial charge on any atom is -0.481 e. The number of rotatable bonds is 6. The molecule has 0 spiro atoms. The van der Waals surface area contributed by atoms with Gasteiger partial charge in [0.25, 0.3) is 5.91 Å². The first-order chi connectivity index (χ1) is 12.1. The molecule has 6 heteroatoms. The van der Waals surface area contributed by atoms with Gasteiger partial charge in [0.1, 0.15) is 0 Å². The number of aromatic nitrogens is 1. The molecular formula is C19H18N2O3S. The summed E-state index contributed by atoms with van der Waals surface area (Å²) in [5.74, 6) is -1.20. The Kier molecular flexibility index (Phi) is 5.09. The standard InChI is InChI=1S/C19H18N2O3S/c1-2-12-5-3-4-6-13(12)14-7-9-20-15-11-16(25-18(14)15)19(24)21-10-8-17(22)23/h3-7,9,11H,2,8,10H2,1H3,(H,21,24)(H,22,23). The van der Waals surface area contributed by atoms with Crippen molar-refractivity contribution >= 4 is 33.4 Å². The maximum atomic E-state index is 12.2. The van der Waals surface area contributed by atoms with Crippen LogP contribution in [-0.4, -0.2) is 28.5 Å². The van der Waals surface area contributed by atoms with Gasteiger partial charge in [-0.1, -0.05) is 31.2 Å². The molecule has 128 valence electrons. The van der Waals surface area contributed by atoms with Gasteiger partial charge < -0.3 is 10.4 Å². The molecule has 2 aromatic heterocycles. The summed E-state index contributed by atoms with van der Waals surface area (Å²) in [4.78, 5) is 27.7. The molecule has 0 fully saturated rings. The number of amides is 1. The first-order valence-corrected chi connectivity index (χ1v) is 8.88. The predicted octanol–water partition coefficient (Wildman–Crippen LogP) is 3.73. The van der Waals surface area contributed by atoms with E-state index in [1.807, 2.05) is 18.2 Å². The summed E-state index contributed by atoms with van der Waals surface area (Å²) in [6, 6.07) is 12.0. The summed E-state index contributed by atoms with van der Waals surface area (Å²) in [6.07, 6.45) is 2.58. The Morgan fingerprint density at radius 3 is 2.76 bits per heavy atom. The van der Waals surface area contributed by atoms with Crippen molar-refractivity contribution in [3.05, 3.63) is 53.0 Å². The van der Waals surface area contributed by atoms with Gasteiger partial charge in [0.05, 0.1) is 21.5 Å². The van der Waals surface area contributed by atoms with Crippen LogP contribution >= 0.6 is 11.3 Å². The number of aryl methyl sites for hydroxylation is 1. The molecule has 0 saturated carbocycles. The number of hydrogen-bond donors (Lipinski definition) is 2. The van der Waals surface area contributed by atoms with Crippen molar-refractivity contribution in [3.8, 4) is 11.1 Å². The van der Waals surface area contributed by atoms with E-state index in [1.54, 1.807) is 12.3 Å². The van der Waals surface area contributed by atoms with Crippen molar-refractivity contribution < 1.29 is 14.7 Å². The van der Waals surface area contributed by atoms with Crippen LogP contribution in [0.1, 0.15) is 28.6 Å². The van der Waals surface area contributed by atoms with Crippen molar-refractivity contribution in [2.75, 3.05) is 6.54 Å². The summed E-state index contributed by atoms with van der Waals surface area (Å²) in [6.45, 7) is 2.23. The topological polar surface area (TPSA) is 79.3 Å². The Morgan fingerprint density at radius 2 is 2.00 bits per heavy atom. The Balaban J connectivity index is 1.96. The number of thiophene rings is 1. The molecular weight excluding hydrogens is 336 g/mol. The first kappa shape index (κ1) is 17.1. The minimum atomic E-state index is -0.934. The number of nitrogens with zero attached hydrogens (tertiary/aromatic N) is 1. The van der Waals surface area contributed by atoms with Crippen LogP contribution in [0.3, 0.4) is 0 Å². The van der Waals surface area contributed by atoms with Gasteiger partial charge in [-0.3, -0.25) is 14.6 Å². The average molecular weight is 354 g/mol.